The molecule has 2 heteroatoms. The molecule has 0 aliphatic rings. The molecular formula is C17H12N2. The molecule has 3 aromatic rings. The second-order valence-corrected chi connectivity index (χ2v) is 4.33. The topological polar surface area (TPSA) is 39.6 Å². The number of para-hydroxylation sites is 1. The van der Waals surface area contributed by atoms with Crippen LogP contribution in [0.1, 0.15) is 11.1 Å². The Kier molecular flexibility index (Phi) is 2.88. The molecule has 19 heavy (non-hydrogen) atoms. The minimum Gasteiger partial charge on any atom is -0.361 e. The van der Waals surface area contributed by atoms with Gasteiger partial charge in [-0.25, -0.2) is 0 Å². The summed E-state index contributed by atoms with van der Waals surface area (Å²) in [5, 5.41) is 10.5. The molecule has 1 aromatic heterocycles. The summed E-state index contributed by atoms with van der Waals surface area (Å²) < 4.78 is 0. The molecule has 1 heterocycles. The quantitative estimate of drug-likeness (QED) is 0.673. The number of hydrogen-bond acceptors (Lipinski definition) is 1. The molecule has 0 unspecified atom stereocenters. The van der Waals surface area contributed by atoms with Crippen molar-refractivity contribution in [2.75, 3.05) is 0 Å². The third-order valence-electron chi connectivity index (χ3n) is 3.11. The molecule has 0 aliphatic heterocycles. The van der Waals surface area contributed by atoms with Crippen LogP contribution in [-0.4, -0.2) is 4.98 Å². The van der Waals surface area contributed by atoms with Gasteiger partial charge < -0.3 is 4.98 Å². The van der Waals surface area contributed by atoms with Crippen LogP contribution >= 0.6 is 0 Å². The average molecular weight is 244 g/mol. The lowest BCUT2D eigenvalue weighted by atomic mass is 10.0. The molecule has 3 rings (SSSR count). The standard InChI is InChI=1S/C17H12N2/c18-11-14(10-13-6-2-1-3-7-13)16-12-19-17-9-5-4-8-15(16)17/h1-10,12,19H/b14-10+. The second kappa shape index (κ2) is 4.83. The van der Waals surface area contributed by atoms with Gasteiger partial charge in [-0.3, -0.25) is 0 Å². The molecule has 2 nitrogen and oxygen atoms in total. The zero-order valence-corrected chi connectivity index (χ0v) is 10.3. The number of hydrogen-bond donors (Lipinski definition) is 1. The van der Waals surface area contributed by atoms with Crippen LogP contribution in [0.3, 0.4) is 0 Å². The predicted octanol–water partition coefficient (Wildman–Crippen LogP) is 4.23. The first-order valence-corrected chi connectivity index (χ1v) is 6.12. The van der Waals surface area contributed by atoms with Crippen molar-refractivity contribution >= 4 is 22.6 Å². The Labute approximate surface area is 111 Å². The van der Waals surface area contributed by atoms with Crippen molar-refractivity contribution in [2.45, 2.75) is 0 Å². The molecule has 0 amide bonds. The van der Waals surface area contributed by atoms with Gasteiger partial charge in [-0.05, 0) is 17.7 Å². The van der Waals surface area contributed by atoms with Crippen LogP contribution in [0.5, 0.6) is 0 Å². The number of benzene rings is 2. The summed E-state index contributed by atoms with van der Waals surface area (Å²) in [4.78, 5) is 3.20. The number of H-pyrrole nitrogens is 1. The zero-order valence-electron chi connectivity index (χ0n) is 10.3. The van der Waals surface area contributed by atoms with Gasteiger partial charge in [0, 0.05) is 22.7 Å². The molecule has 0 aliphatic carbocycles. The smallest absolute Gasteiger partial charge is 0.0998 e. The number of fused-ring (bicyclic) bond motifs is 1. The van der Waals surface area contributed by atoms with Crippen LogP contribution in [0.4, 0.5) is 0 Å². The van der Waals surface area contributed by atoms with E-state index in [4.69, 9.17) is 0 Å². The van der Waals surface area contributed by atoms with Crippen molar-refractivity contribution < 1.29 is 0 Å². The van der Waals surface area contributed by atoms with Gasteiger partial charge in [-0.15, -0.1) is 0 Å². The Hall–Kier alpha value is -2.79. The number of nitriles is 1. The van der Waals surface area contributed by atoms with Crippen LogP contribution in [0, 0.1) is 11.3 Å². The van der Waals surface area contributed by atoms with E-state index in [-0.39, 0.29) is 0 Å². The lowest BCUT2D eigenvalue weighted by Gasteiger charge is -1.98. The Balaban J connectivity index is 2.14. The van der Waals surface area contributed by atoms with Crippen molar-refractivity contribution in [1.29, 1.82) is 5.26 Å². The Morgan fingerprint density at radius 1 is 1.00 bits per heavy atom. The van der Waals surface area contributed by atoms with Crippen molar-refractivity contribution in [3.63, 3.8) is 0 Å². The number of aromatic nitrogens is 1. The first-order valence-electron chi connectivity index (χ1n) is 6.12. The number of nitrogens with one attached hydrogen (secondary N) is 1. The van der Waals surface area contributed by atoms with Gasteiger partial charge in [-0.2, -0.15) is 5.26 Å². The maximum absolute atomic E-state index is 9.39. The minimum absolute atomic E-state index is 0.670. The summed E-state index contributed by atoms with van der Waals surface area (Å²) in [5.74, 6) is 0. The van der Waals surface area contributed by atoms with Crippen LogP contribution in [0.15, 0.2) is 60.8 Å². The second-order valence-electron chi connectivity index (χ2n) is 4.33. The Bertz CT molecular complexity index is 774. The summed E-state index contributed by atoms with van der Waals surface area (Å²) >= 11 is 0. The summed E-state index contributed by atoms with van der Waals surface area (Å²) in [5.41, 5.74) is 3.70. The summed E-state index contributed by atoms with van der Waals surface area (Å²) in [7, 11) is 0. The van der Waals surface area contributed by atoms with E-state index in [2.05, 4.69) is 11.1 Å². The summed E-state index contributed by atoms with van der Waals surface area (Å²) in [6.07, 6.45) is 3.80. The molecule has 2 aromatic carbocycles. The highest BCUT2D eigenvalue weighted by Gasteiger charge is 2.07. The highest BCUT2D eigenvalue weighted by Crippen LogP contribution is 2.26. The highest BCUT2D eigenvalue weighted by atomic mass is 14.7. The first-order chi connectivity index (χ1) is 9.38. The molecule has 0 saturated heterocycles. The van der Waals surface area contributed by atoms with E-state index in [9.17, 15) is 5.26 Å². The zero-order chi connectivity index (χ0) is 13.1. The predicted molar refractivity (Wildman–Crippen MR) is 78.2 cm³/mol. The maximum atomic E-state index is 9.39. The van der Waals surface area contributed by atoms with Crippen LogP contribution in [0.25, 0.3) is 22.6 Å². The van der Waals surface area contributed by atoms with E-state index in [0.29, 0.717) is 5.57 Å². The van der Waals surface area contributed by atoms with E-state index < -0.39 is 0 Å². The maximum Gasteiger partial charge on any atom is 0.0998 e. The SMILES string of the molecule is N#C/C(=C\c1ccccc1)c1c[nH]c2ccccc12. The Morgan fingerprint density at radius 3 is 2.53 bits per heavy atom. The van der Waals surface area contributed by atoms with Gasteiger partial charge in [0.15, 0.2) is 0 Å². The summed E-state index contributed by atoms with van der Waals surface area (Å²) in [6, 6.07) is 20.2. The first kappa shape index (κ1) is 11.3. The van der Waals surface area contributed by atoms with Crippen molar-refractivity contribution in [3.05, 3.63) is 71.9 Å². The molecule has 0 radical (unpaired) electrons. The molecule has 0 bridgehead atoms. The van der Waals surface area contributed by atoms with E-state index >= 15 is 0 Å². The fraction of sp³-hybridized carbons (Fsp3) is 0. The molecule has 0 saturated carbocycles. The molecule has 1 N–H and O–H groups in total. The van der Waals surface area contributed by atoms with Crippen molar-refractivity contribution in [1.82, 2.24) is 4.98 Å². The highest BCUT2D eigenvalue weighted by molar-refractivity contribution is 6.01. The van der Waals surface area contributed by atoms with Crippen LogP contribution in [0.2, 0.25) is 0 Å². The van der Waals surface area contributed by atoms with Crippen molar-refractivity contribution in [2.24, 2.45) is 0 Å². The van der Waals surface area contributed by atoms with Gasteiger partial charge in [0.2, 0.25) is 0 Å². The monoisotopic (exact) mass is 244 g/mol. The van der Waals surface area contributed by atoms with Gasteiger partial charge in [0.25, 0.3) is 0 Å². The van der Waals surface area contributed by atoms with E-state index in [1.54, 1.807) is 0 Å². The number of rotatable bonds is 2. The van der Waals surface area contributed by atoms with E-state index in [0.717, 1.165) is 22.0 Å². The lowest BCUT2D eigenvalue weighted by molar-refractivity contribution is 1.46. The molecule has 90 valence electrons. The van der Waals surface area contributed by atoms with Gasteiger partial charge in [0.1, 0.15) is 0 Å². The lowest BCUT2D eigenvalue weighted by Crippen LogP contribution is -1.80. The Morgan fingerprint density at radius 2 is 1.74 bits per heavy atom. The third-order valence-corrected chi connectivity index (χ3v) is 3.11. The fourth-order valence-corrected chi connectivity index (χ4v) is 2.18. The van der Waals surface area contributed by atoms with E-state index in [1.807, 2.05) is 66.9 Å². The fourth-order valence-electron chi connectivity index (χ4n) is 2.18. The van der Waals surface area contributed by atoms with Gasteiger partial charge in [0.05, 0.1) is 11.6 Å². The van der Waals surface area contributed by atoms with Crippen LogP contribution in [-0.2, 0) is 0 Å². The van der Waals surface area contributed by atoms with Crippen molar-refractivity contribution in [3.8, 4) is 6.07 Å². The third kappa shape index (κ3) is 2.14. The van der Waals surface area contributed by atoms with Gasteiger partial charge in [-0.1, -0.05) is 48.5 Å². The molecule has 0 atom stereocenters. The summed E-state index contributed by atoms with van der Waals surface area (Å²) in [6.45, 7) is 0. The van der Waals surface area contributed by atoms with E-state index in [1.165, 1.54) is 0 Å². The number of aromatic amines is 1. The van der Waals surface area contributed by atoms with Gasteiger partial charge >= 0.3 is 0 Å². The number of nitrogens with zero attached hydrogens (tertiary/aromatic N) is 1. The minimum atomic E-state index is 0.670. The average Bonchev–Trinajstić information content (AvgIpc) is 2.90. The largest absolute Gasteiger partial charge is 0.361 e. The molecule has 0 spiro atoms. The van der Waals surface area contributed by atoms with Crippen LogP contribution < -0.4 is 0 Å². The molecular weight excluding hydrogens is 232 g/mol. The normalized spacial score (nSPS) is 11.4. The number of allylic oxidation sites excluding steroid dienone is 1. The molecule has 0 fully saturated rings.